The van der Waals surface area contributed by atoms with Crippen molar-refractivity contribution in [2.75, 3.05) is 12.9 Å². The Morgan fingerprint density at radius 2 is 2.21 bits per heavy atom. The van der Waals surface area contributed by atoms with Crippen molar-refractivity contribution in [1.29, 1.82) is 0 Å². The first-order valence-electron chi connectivity index (χ1n) is 4.81. The van der Waals surface area contributed by atoms with Crippen LogP contribution in [0.1, 0.15) is 18.9 Å². The average molecular weight is 211 g/mol. The first-order chi connectivity index (χ1) is 6.81. The molecule has 0 saturated heterocycles. The van der Waals surface area contributed by atoms with E-state index in [-0.39, 0.29) is 0 Å². The second-order valence-corrected chi connectivity index (χ2v) is 4.16. The molecule has 2 N–H and O–H groups in total. The summed E-state index contributed by atoms with van der Waals surface area (Å²) in [6.07, 6.45) is 1.17. The van der Waals surface area contributed by atoms with Gasteiger partial charge in [-0.15, -0.1) is 11.8 Å². The molecular weight excluding hydrogens is 194 g/mol. The van der Waals surface area contributed by atoms with E-state index in [0.29, 0.717) is 6.54 Å². The Bertz CT molecular complexity index is 289. The summed E-state index contributed by atoms with van der Waals surface area (Å²) in [4.78, 5) is 1.24. The van der Waals surface area contributed by atoms with Gasteiger partial charge in [-0.25, -0.2) is 0 Å². The van der Waals surface area contributed by atoms with Crippen molar-refractivity contribution in [2.24, 2.45) is 5.73 Å². The number of benzene rings is 1. The normalized spacial score (nSPS) is 10.2. The highest BCUT2D eigenvalue weighted by molar-refractivity contribution is 7.99. The predicted molar refractivity (Wildman–Crippen MR) is 61.9 cm³/mol. The number of rotatable bonds is 5. The van der Waals surface area contributed by atoms with E-state index in [1.807, 2.05) is 23.9 Å². The van der Waals surface area contributed by atoms with Crippen LogP contribution < -0.4 is 10.5 Å². The van der Waals surface area contributed by atoms with Crippen LogP contribution in [0.3, 0.4) is 0 Å². The van der Waals surface area contributed by atoms with Crippen molar-refractivity contribution in [2.45, 2.75) is 24.8 Å². The van der Waals surface area contributed by atoms with Crippen molar-refractivity contribution < 1.29 is 4.74 Å². The fraction of sp³-hybridized carbons (Fsp3) is 0.455. The predicted octanol–water partition coefficient (Wildman–Crippen LogP) is 2.66. The highest BCUT2D eigenvalue weighted by Gasteiger charge is 2.02. The number of nitrogens with two attached hydrogens (primary N) is 1. The molecule has 1 aromatic carbocycles. The number of hydrogen-bond acceptors (Lipinski definition) is 3. The molecule has 0 saturated carbocycles. The first-order valence-corrected chi connectivity index (χ1v) is 5.80. The summed E-state index contributed by atoms with van der Waals surface area (Å²) in [6.45, 7) is 2.77. The molecule has 0 aromatic heterocycles. The second-order valence-electron chi connectivity index (χ2n) is 3.03. The third-order valence-electron chi connectivity index (χ3n) is 1.96. The van der Waals surface area contributed by atoms with E-state index in [4.69, 9.17) is 10.5 Å². The molecule has 0 fully saturated rings. The number of hydrogen-bond donors (Lipinski definition) is 1. The number of methoxy groups -OCH3 is 1. The van der Waals surface area contributed by atoms with E-state index < -0.39 is 0 Å². The molecule has 0 amide bonds. The minimum atomic E-state index is 0.593. The van der Waals surface area contributed by atoms with Crippen LogP contribution in [0, 0.1) is 0 Å². The largest absolute Gasteiger partial charge is 0.497 e. The topological polar surface area (TPSA) is 35.2 Å². The lowest BCUT2D eigenvalue weighted by Crippen LogP contribution is -1.99. The van der Waals surface area contributed by atoms with E-state index in [9.17, 15) is 0 Å². The van der Waals surface area contributed by atoms with Gasteiger partial charge in [0.05, 0.1) is 7.11 Å². The molecule has 2 nitrogen and oxygen atoms in total. The highest BCUT2D eigenvalue weighted by atomic mass is 32.2. The second kappa shape index (κ2) is 5.94. The van der Waals surface area contributed by atoms with Crippen LogP contribution in [0.2, 0.25) is 0 Å². The van der Waals surface area contributed by atoms with E-state index in [1.165, 1.54) is 16.9 Å². The maximum absolute atomic E-state index is 5.66. The molecular formula is C11H17NOS. The first kappa shape index (κ1) is 11.4. The van der Waals surface area contributed by atoms with Crippen molar-refractivity contribution in [3.05, 3.63) is 23.8 Å². The van der Waals surface area contributed by atoms with Crippen molar-refractivity contribution in [3.63, 3.8) is 0 Å². The number of thioether (sulfide) groups is 1. The van der Waals surface area contributed by atoms with Gasteiger partial charge in [0.15, 0.2) is 0 Å². The molecule has 0 bridgehead atoms. The van der Waals surface area contributed by atoms with Crippen LogP contribution in [0.15, 0.2) is 23.1 Å². The zero-order valence-corrected chi connectivity index (χ0v) is 9.56. The van der Waals surface area contributed by atoms with Crippen LogP contribution in [-0.2, 0) is 6.54 Å². The van der Waals surface area contributed by atoms with Crippen molar-refractivity contribution in [1.82, 2.24) is 0 Å². The molecule has 0 radical (unpaired) electrons. The third kappa shape index (κ3) is 2.93. The Morgan fingerprint density at radius 3 is 2.79 bits per heavy atom. The third-order valence-corrected chi connectivity index (χ3v) is 3.26. The fourth-order valence-corrected chi connectivity index (χ4v) is 2.14. The molecule has 3 heteroatoms. The lowest BCUT2D eigenvalue weighted by atomic mass is 10.2. The van der Waals surface area contributed by atoms with Gasteiger partial charge in [0, 0.05) is 11.4 Å². The molecule has 0 atom stereocenters. The molecule has 0 aliphatic rings. The highest BCUT2D eigenvalue weighted by Crippen LogP contribution is 2.27. The Morgan fingerprint density at radius 1 is 1.43 bits per heavy atom. The van der Waals surface area contributed by atoms with Gasteiger partial charge >= 0.3 is 0 Å². The van der Waals surface area contributed by atoms with Crippen LogP contribution >= 0.6 is 11.8 Å². The standard InChI is InChI=1S/C11H17NOS/c1-3-6-14-11-7-10(13-2)5-4-9(11)8-12/h4-5,7H,3,6,8,12H2,1-2H3. The SMILES string of the molecule is CCCSc1cc(OC)ccc1CN. The monoisotopic (exact) mass is 211 g/mol. The molecule has 0 unspecified atom stereocenters. The Kier molecular flexibility index (Phi) is 4.84. The van der Waals surface area contributed by atoms with Gasteiger partial charge in [-0.05, 0) is 29.9 Å². The van der Waals surface area contributed by atoms with Gasteiger partial charge in [-0.3, -0.25) is 0 Å². The zero-order chi connectivity index (χ0) is 10.4. The van der Waals surface area contributed by atoms with Gasteiger partial charge in [0.25, 0.3) is 0 Å². The van der Waals surface area contributed by atoms with Crippen LogP contribution in [0.5, 0.6) is 5.75 Å². The van der Waals surface area contributed by atoms with E-state index in [0.717, 1.165) is 11.5 Å². The van der Waals surface area contributed by atoms with Gasteiger partial charge < -0.3 is 10.5 Å². The van der Waals surface area contributed by atoms with E-state index >= 15 is 0 Å². The summed E-state index contributed by atoms with van der Waals surface area (Å²) in [5, 5.41) is 0. The fourth-order valence-electron chi connectivity index (χ4n) is 1.18. The molecule has 0 spiro atoms. The lowest BCUT2D eigenvalue weighted by Gasteiger charge is -2.08. The smallest absolute Gasteiger partial charge is 0.119 e. The molecule has 14 heavy (non-hydrogen) atoms. The Balaban J connectivity index is 2.84. The van der Waals surface area contributed by atoms with E-state index in [2.05, 4.69) is 13.0 Å². The number of ether oxygens (including phenoxy) is 1. The minimum Gasteiger partial charge on any atom is -0.497 e. The summed E-state index contributed by atoms with van der Waals surface area (Å²) in [5.74, 6) is 2.03. The summed E-state index contributed by atoms with van der Waals surface area (Å²) in [6, 6.07) is 6.05. The van der Waals surface area contributed by atoms with Crippen molar-refractivity contribution >= 4 is 11.8 Å². The molecule has 0 heterocycles. The van der Waals surface area contributed by atoms with Gasteiger partial charge in [-0.2, -0.15) is 0 Å². The van der Waals surface area contributed by atoms with Crippen molar-refractivity contribution in [3.8, 4) is 5.75 Å². The van der Waals surface area contributed by atoms with Gasteiger partial charge in [-0.1, -0.05) is 13.0 Å². The average Bonchev–Trinajstić information content (AvgIpc) is 2.25. The molecule has 1 aromatic rings. The van der Waals surface area contributed by atoms with Gasteiger partial charge in [0.1, 0.15) is 5.75 Å². The minimum absolute atomic E-state index is 0.593. The molecule has 0 aliphatic heterocycles. The Hall–Kier alpha value is -0.670. The summed E-state index contributed by atoms with van der Waals surface area (Å²) in [7, 11) is 1.69. The Labute approximate surface area is 89.8 Å². The van der Waals surface area contributed by atoms with E-state index in [1.54, 1.807) is 7.11 Å². The molecule has 78 valence electrons. The summed E-state index contributed by atoms with van der Waals surface area (Å²) >= 11 is 1.84. The summed E-state index contributed by atoms with van der Waals surface area (Å²) < 4.78 is 5.18. The summed E-state index contributed by atoms with van der Waals surface area (Å²) in [5.41, 5.74) is 6.86. The maximum atomic E-state index is 5.66. The van der Waals surface area contributed by atoms with Gasteiger partial charge in [0.2, 0.25) is 0 Å². The molecule has 1 rings (SSSR count). The van der Waals surface area contributed by atoms with Crippen LogP contribution in [-0.4, -0.2) is 12.9 Å². The maximum Gasteiger partial charge on any atom is 0.119 e. The van der Waals surface area contributed by atoms with Crippen LogP contribution in [0.25, 0.3) is 0 Å². The van der Waals surface area contributed by atoms with Crippen LogP contribution in [0.4, 0.5) is 0 Å². The lowest BCUT2D eigenvalue weighted by molar-refractivity contribution is 0.413. The molecule has 0 aliphatic carbocycles. The quantitative estimate of drug-likeness (QED) is 0.760. The zero-order valence-electron chi connectivity index (χ0n) is 8.75.